The maximum atomic E-state index is 12.4. The van der Waals surface area contributed by atoms with Crippen molar-refractivity contribution in [3.8, 4) is 0 Å². The Balaban J connectivity index is 1.33. The third kappa shape index (κ3) is 3.81. The summed E-state index contributed by atoms with van der Waals surface area (Å²) in [5.74, 6) is -0.219. The minimum Gasteiger partial charge on any atom is -0.338 e. The first kappa shape index (κ1) is 17.9. The molecule has 0 saturated carbocycles. The first-order valence-electron chi connectivity index (χ1n) is 8.82. The first-order chi connectivity index (χ1) is 13.1. The lowest BCUT2D eigenvalue weighted by Gasteiger charge is -2.27. The molecule has 2 amide bonds. The van der Waals surface area contributed by atoms with Gasteiger partial charge in [-0.15, -0.1) is 16.4 Å². The molecule has 1 N–H and O–H groups in total. The summed E-state index contributed by atoms with van der Waals surface area (Å²) in [6, 6.07) is 10.1. The molecule has 0 fully saturated rings. The summed E-state index contributed by atoms with van der Waals surface area (Å²) < 4.78 is 3.05. The number of rotatable bonds is 4. The third-order valence-corrected chi connectivity index (χ3v) is 6.85. The molecule has 0 saturated heterocycles. The highest BCUT2D eigenvalue weighted by Gasteiger charge is 2.21. The van der Waals surface area contributed by atoms with Gasteiger partial charge < -0.3 is 9.47 Å². The summed E-state index contributed by atoms with van der Waals surface area (Å²) in [5.41, 5.74) is 4.88. The van der Waals surface area contributed by atoms with E-state index in [1.807, 2.05) is 40.8 Å². The van der Waals surface area contributed by atoms with Gasteiger partial charge in [-0.05, 0) is 35.6 Å². The molecule has 0 unspecified atom stereocenters. The Labute approximate surface area is 164 Å². The van der Waals surface area contributed by atoms with Gasteiger partial charge in [0.2, 0.25) is 16.6 Å². The van der Waals surface area contributed by atoms with Crippen LogP contribution in [0.15, 0.2) is 40.8 Å². The SMILES string of the molecule is Cn1/c(=N/NC(=O)CCC(=O)N2CCc3sccc3C2)sc2ccccc21. The number of carbonyl (C=O) groups excluding carboxylic acids is 2. The molecular weight excluding hydrogens is 380 g/mol. The van der Waals surface area contributed by atoms with Crippen LogP contribution >= 0.6 is 22.7 Å². The molecule has 0 atom stereocenters. The van der Waals surface area contributed by atoms with Crippen molar-refractivity contribution in [2.45, 2.75) is 25.8 Å². The normalized spacial score (nSPS) is 14.4. The van der Waals surface area contributed by atoms with Crippen LogP contribution in [0.1, 0.15) is 23.3 Å². The van der Waals surface area contributed by atoms with Crippen LogP contribution in [-0.2, 0) is 29.6 Å². The number of nitrogens with one attached hydrogen (secondary N) is 1. The molecule has 0 radical (unpaired) electrons. The number of thiophene rings is 1. The summed E-state index contributed by atoms with van der Waals surface area (Å²) in [6.07, 6.45) is 1.26. The molecule has 4 rings (SSSR count). The van der Waals surface area contributed by atoms with Crippen molar-refractivity contribution in [3.05, 3.63) is 51.0 Å². The standard InChI is InChI=1S/C19H20N4O2S2/c1-22-14-4-2-3-5-16(14)27-19(22)21-20-17(24)6-7-18(25)23-10-8-15-13(12-23)9-11-26-15/h2-5,9,11H,6-8,10,12H2,1H3,(H,20,24)/b21-19-. The Morgan fingerprint density at radius 2 is 2.07 bits per heavy atom. The predicted molar refractivity (Wildman–Crippen MR) is 107 cm³/mol. The zero-order valence-electron chi connectivity index (χ0n) is 15.0. The number of carbonyl (C=O) groups is 2. The van der Waals surface area contributed by atoms with Gasteiger partial charge >= 0.3 is 0 Å². The van der Waals surface area contributed by atoms with E-state index in [-0.39, 0.29) is 24.7 Å². The minimum absolute atomic E-state index is 0.0226. The number of fused-ring (bicyclic) bond motifs is 2. The third-order valence-electron chi connectivity index (χ3n) is 4.72. The Bertz CT molecular complexity index is 1060. The molecule has 0 spiro atoms. The van der Waals surface area contributed by atoms with Gasteiger partial charge in [0, 0.05) is 37.9 Å². The average Bonchev–Trinajstić information content (AvgIpc) is 3.28. The van der Waals surface area contributed by atoms with Crippen molar-refractivity contribution < 1.29 is 9.59 Å². The quantitative estimate of drug-likeness (QED) is 0.684. The Kier molecular flexibility index (Phi) is 5.09. The highest BCUT2D eigenvalue weighted by atomic mass is 32.1. The number of aryl methyl sites for hydroxylation is 1. The van der Waals surface area contributed by atoms with Crippen molar-refractivity contribution in [2.24, 2.45) is 12.1 Å². The lowest BCUT2D eigenvalue weighted by molar-refractivity contribution is -0.134. The predicted octanol–water partition coefficient (Wildman–Crippen LogP) is 2.60. The Morgan fingerprint density at radius 3 is 2.93 bits per heavy atom. The minimum atomic E-state index is -0.242. The number of para-hydroxylation sites is 1. The van der Waals surface area contributed by atoms with Crippen LogP contribution in [0.4, 0.5) is 0 Å². The van der Waals surface area contributed by atoms with E-state index < -0.39 is 0 Å². The van der Waals surface area contributed by atoms with E-state index in [0.29, 0.717) is 6.54 Å². The monoisotopic (exact) mass is 400 g/mol. The fourth-order valence-corrected chi connectivity index (χ4v) is 5.06. The molecule has 1 aromatic carbocycles. The van der Waals surface area contributed by atoms with E-state index in [9.17, 15) is 9.59 Å². The second-order valence-corrected chi connectivity index (χ2v) is 8.50. The Hall–Kier alpha value is -2.45. The van der Waals surface area contributed by atoms with Crippen molar-refractivity contribution in [1.29, 1.82) is 0 Å². The van der Waals surface area contributed by atoms with Gasteiger partial charge in [0.25, 0.3) is 0 Å². The number of aromatic nitrogens is 1. The molecule has 27 heavy (non-hydrogen) atoms. The summed E-state index contributed by atoms with van der Waals surface area (Å²) in [6.45, 7) is 1.39. The van der Waals surface area contributed by atoms with Crippen molar-refractivity contribution in [1.82, 2.24) is 14.9 Å². The molecule has 0 bridgehead atoms. The van der Waals surface area contributed by atoms with Gasteiger partial charge in [-0.2, -0.15) is 0 Å². The first-order valence-corrected chi connectivity index (χ1v) is 10.5. The van der Waals surface area contributed by atoms with Crippen LogP contribution in [0, 0.1) is 0 Å². The van der Waals surface area contributed by atoms with Gasteiger partial charge in [-0.3, -0.25) is 9.59 Å². The average molecular weight is 401 g/mol. The van der Waals surface area contributed by atoms with Crippen LogP contribution in [0.25, 0.3) is 10.2 Å². The second kappa shape index (κ2) is 7.66. The molecule has 2 aromatic heterocycles. The number of nitrogens with zero attached hydrogens (tertiary/aromatic N) is 3. The zero-order valence-corrected chi connectivity index (χ0v) is 16.6. The maximum Gasteiger partial charge on any atom is 0.240 e. The fraction of sp³-hybridized carbons (Fsp3) is 0.316. The molecule has 3 heterocycles. The number of thiazole rings is 1. The summed E-state index contributed by atoms with van der Waals surface area (Å²) in [5, 5.41) is 6.29. The topological polar surface area (TPSA) is 66.7 Å². The fourth-order valence-electron chi connectivity index (χ4n) is 3.19. The molecular formula is C19H20N4O2S2. The van der Waals surface area contributed by atoms with E-state index in [2.05, 4.69) is 22.0 Å². The maximum absolute atomic E-state index is 12.4. The van der Waals surface area contributed by atoms with Crippen LogP contribution < -0.4 is 10.2 Å². The van der Waals surface area contributed by atoms with Crippen LogP contribution in [-0.4, -0.2) is 27.8 Å². The molecule has 3 aromatic rings. The van der Waals surface area contributed by atoms with Crippen LogP contribution in [0.2, 0.25) is 0 Å². The second-order valence-electron chi connectivity index (χ2n) is 6.49. The molecule has 6 nitrogen and oxygen atoms in total. The van der Waals surface area contributed by atoms with Gasteiger partial charge in [0.15, 0.2) is 0 Å². The smallest absolute Gasteiger partial charge is 0.240 e. The number of benzene rings is 1. The molecule has 1 aliphatic rings. The zero-order chi connectivity index (χ0) is 18.8. The summed E-state index contributed by atoms with van der Waals surface area (Å²) in [4.78, 5) is 28.4. The van der Waals surface area contributed by atoms with Crippen molar-refractivity contribution >= 4 is 44.7 Å². The highest BCUT2D eigenvalue weighted by molar-refractivity contribution is 7.16. The van der Waals surface area contributed by atoms with Crippen molar-refractivity contribution in [3.63, 3.8) is 0 Å². The number of hydrogen-bond acceptors (Lipinski definition) is 5. The van der Waals surface area contributed by atoms with E-state index in [1.54, 1.807) is 11.3 Å². The van der Waals surface area contributed by atoms with Crippen LogP contribution in [0.3, 0.4) is 0 Å². The van der Waals surface area contributed by atoms with Crippen LogP contribution in [0.5, 0.6) is 0 Å². The molecule has 1 aliphatic heterocycles. The van der Waals surface area contributed by atoms with Gasteiger partial charge in [-0.1, -0.05) is 23.5 Å². The van der Waals surface area contributed by atoms with Gasteiger partial charge in [0.1, 0.15) is 0 Å². The molecule has 8 heteroatoms. The lowest BCUT2D eigenvalue weighted by Crippen LogP contribution is -2.36. The molecule has 0 aliphatic carbocycles. The molecule has 140 valence electrons. The lowest BCUT2D eigenvalue weighted by atomic mass is 10.1. The van der Waals surface area contributed by atoms with Gasteiger partial charge in [-0.25, -0.2) is 5.43 Å². The van der Waals surface area contributed by atoms with E-state index >= 15 is 0 Å². The highest BCUT2D eigenvalue weighted by Crippen LogP contribution is 2.24. The van der Waals surface area contributed by atoms with Crippen molar-refractivity contribution in [2.75, 3.05) is 6.54 Å². The van der Waals surface area contributed by atoms with E-state index in [0.717, 1.165) is 28.0 Å². The summed E-state index contributed by atoms with van der Waals surface area (Å²) >= 11 is 3.26. The number of hydrogen-bond donors (Lipinski definition) is 1. The summed E-state index contributed by atoms with van der Waals surface area (Å²) in [7, 11) is 1.92. The number of amides is 2. The van der Waals surface area contributed by atoms with E-state index in [1.165, 1.54) is 21.8 Å². The van der Waals surface area contributed by atoms with Gasteiger partial charge in [0.05, 0.1) is 10.2 Å². The Morgan fingerprint density at radius 1 is 1.22 bits per heavy atom. The van der Waals surface area contributed by atoms with E-state index in [4.69, 9.17) is 0 Å². The largest absolute Gasteiger partial charge is 0.338 e.